The van der Waals surface area contributed by atoms with Crippen molar-refractivity contribution in [2.45, 2.75) is 32.1 Å². The second kappa shape index (κ2) is 8.31. The highest BCUT2D eigenvalue weighted by Gasteiger charge is 2.27. The fraction of sp³-hybridized carbons (Fsp3) is 0.444. The lowest BCUT2D eigenvalue weighted by molar-refractivity contribution is -0.132. The Kier molecular flexibility index (Phi) is 5.88. The number of nitrogens with one attached hydrogen (secondary N) is 1. The monoisotopic (exact) mass is 376 g/mol. The molecule has 0 bridgehead atoms. The molecule has 1 aromatic heterocycles. The van der Waals surface area contributed by atoms with Crippen LogP contribution in [0.4, 0.5) is 0 Å². The van der Waals surface area contributed by atoms with E-state index in [4.69, 9.17) is 16.1 Å². The summed E-state index contributed by atoms with van der Waals surface area (Å²) < 4.78 is 5.22. The van der Waals surface area contributed by atoms with Gasteiger partial charge in [-0.05, 0) is 44.0 Å². The average Bonchev–Trinajstić information content (AvgIpc) is 3.08. The van der Waals surface area contributed by atoms with E-state index in [0.29, 0.717) is 41.9 Å². The van der Waals surface area contributed by atoms with Crippen LogP contribution in [0.3, 0.4) is 0 Å². The molecule has 8 heteroatoms. The molecule has 1 aromatic carbocycles. The number of halogens is 1. The predicted octanol–water partition coefficient (Wildman–Crippen LogP) is 2.56. The molecular weight excluding hydrogens is 356 g/mol. The molecular formula is C18H21ClN4O3. The van der Waals surface area contributed by atoms with E-state index in [-0.39, 0.29) is 24.2 Å². The lowest BCUT2D eigenvalue weighted by atomic mass is 9.96. The molecule has 0 radical (unpaired) electrons. The Morgan fingerprint density at radius 2 is 1.96 bits per heavy atom. The summed E-state index contributed by atoms with van der Waals surface area (Å²) in [4.78, 5) is 30.4. The van der Waals surface area contributed by atoms with Crippen LogP contribution in [0.5, 0.6) is 0 Å². The number of aryl methyl sites for hydroxylation is 1. The smallest absolute Gasteiger partial charge is 0.251 e. The first-order chi connectivity index (χ1) is 12.5. The summed E-state index contributed by atoms with van der Waals surface area (Å²) in [7, 11) is 0. The topological polar surface area (TPSA) is 88.3 Å². The van der Waals surface area contributed by atoms with Crippen LogP contribution in [0.15, 0.2) is 28.8 Å². The van der Waals surface area contributed by atoms with Crippen molar-refractivity contribution in [3.8, 4) is 0 Å². The molecule has 2 heterocycles. The SMILES string of the molecule is Cc1noc(C2CCN(C(=O)CCNC(=O)c3ccc(Cl)cc3)CC2)n1. The second-order valence-corrected chi connectivity index (χ2v) is 6.78. The van der Waals surface area contributed by atoms with Gasteiger partial charge < -0.3 is 14.7 Å². The molecule has 1 aliphatic rings. The van der Waals surface area contributed by atoms with E-state index < -0.39 is 0 Å². The van der Waals surface area contributed by atoms with Crippen LogP contribution in [-0.2, 0) is 4.79 Å². The summed E-state index contributed by atoms with van der Waals surface area (Å²) in [6, 6.07) is 6.64. The molecule has 2 aromatic rings. The number of carbonyl (C=O) groups is 2. The van der Waals surface area contributed by atoms with Gasteiger partial charge in [0.1, 0.15) is 0 Å². The van der Waals surface area contributed by atoms with Gasteiger partial charge >= 0.3 is 0 Å². The van der Waals surface area contributed by atoms with Crippen molar-refractivity contribution in [2.24, 2.45) is 0 Å². The van der Waals surface area contributed by atoms with Gasteiger partial charge in [0.25, 0.3) is 5.91 Å². The molecule has 0 spiro atoms. The maximum Gasteiger partial charge on any atom is 0.251 e. The van der Waals surface area contributed by atoms with Crippen LogP contribution in [0, 0.1) is 6.92 Å². The van der Waals surface area contributed by atoms with Gasteiger partial charge in [0.2, 0.25) is 11.8 Å². The van der Waals surface area contributed by atoms with E-state index in [1.165, 1.54) is 0 Å². The van der Waals surface area contributed by atoms with Gasteiger partial charge in [-0.3, -0.25) is 9.59 Å². The Balaban J connectivity index is 1.40. The molecule has 3 rings (SSSR count). The van der Waals surface area contributed by atoms with Crippen molar-refractivity contribution < 1.29 is 14.1 Å². The van der Waals surface area contributed by atoms with E-state index in [9.17, 15) is 9.59 Å². The first-order valence-corrected chi connectivity index (χ1v) is 9.02. The first-order valence-electron chi connectivity index (χ1n) is 8.64. The number of piperidine rings is 1. The molecule has 0 saturated carbocycles. The van der Waals surface area contributed by atoms with Crippen molar-refractivity contribution in [1.82, 2.24) is 20.4 Å². The lowest BCUT2D eigenvalue weighted by Gasteiger charge is -2.30. The number of likely N-dealkylation sites (tertiary alicyclic amines) is 1. The molecule has 26 heavy (non-hydrogen) atoms. The fourth-order valence-corrected chi connectivity index (χ4v) is 3.13. The Morgan fingerprint density at radius 1 is 1.27 bits per heavy atom. The number of carbonyl (C=O) groups excluding carboxylic acids is 2. The van der Waals surface area contributed by atoms with Crippen LogP contribution in [0.1, 0.15) is 47.3 Å². The van der Waals surface area contributed by atoms with Gasteiger partial charge in [-0.25, -0.2) is 0 Å². The minimum absolute atomic E-state index is 0.0431. The molecule has 138 valence electrons. The zero-order valence-electron chi connectivity index (χ0n) is 14.6. The van der Waals surface area contributed by atoms with Crippen LogP contribution < -0.4 is 5.32 Å². The third-order valence-corrected chi connectivity index (χ3v) is 4.72. The Hall–Kier alpha value is -2.41. The van der Waals surface area contributed by atoms with Crippen molar-refractivity contribution in [2.75, 3.05) is 19.6 Å². The maximum absolute atomic E-state index is 12.3. The summed E-state index contributed by atoms with van der Waals surface area (Å²) in [5, 5.41) is 7.16. The fourth-order valence-electron chi connectivity index (χ4n) is 3.00. The zero-order chi connectivity index (χ0) is 18.5. The average molecular weight is 377 g/mol. The normalized spacial score (nSPS) is 15.1. The second-order valence-electron chi connectivity index (χ2n) is 6.35. The maximum atomic E-state index is 12.3. The van der Waals surface area contributed by atoms with E-state index in [1.807, 2.05) is 4.90 Å². The van der Waals surface area contributed by atoms with Crippen molar-refractivity contribution >= 4 is 23.4 Å². The van der Waals surface area contributed by atoms with Gasteiger partial charge in [-0.1, -0.05) is 16.8 Å². The van der Waals surface area contributed by atoms with Gasteiger partial charge in [-0.15, -0.1) is 0 Å². The highest BCUT2D eigenvalue weighted by molar-refractivity contribution is 6.30. The number of hydrogen-bond donors (Lipinski definition) is 1. The van der Waals surface area contributed by atoms with E-state index in [0.717, 1.165) is 12.8 Å². The summed E-state index contributed by atoms with van der Waals surface area (Å²) in [5.74, 6) is 1.34. The van der Waals surface area contributed by atoms with E-state index in [2.05, 4.69) is 15.5 Å². The van der Waals surface area contributed by atoms with Crippen LogP contribution in [0.25, 0.3) is 0 Å². The molecule has 1 N–H and O–H groups in total. The molecule has 0 atom stereocenters. The van der Waals surface area contributed by atoms with Gasteiger partial charge in [-0.2, -0.15) is 4.98 Å². The number of aromatic nitrogens is 2. The lowest BCUT2D eigenvalue weighted by Crippen LogP contribution is -2.39. The minimum atomic E-state index is -0.208. The standard InChI is InChI=1S/C18H21ClN4O3/c1-12-21-18(26-22-12)14-7-10-23(11-8-14)16(24)6-9-20-17(25)13-2-4-15(19)5-3-13/h2-5,14H,6-11H2,1H3,(H,20,25). The molecule has 0 aliphatic carbocycles. The van der Waals surface area contributed by atoms with E-state index >= 15 is 0 Å². The summed E-state index contributed by atoms with van der Waals surface area (Å²) >= 11 is 5.80. The van der Waals surface area contributed by atoms with Gasteiger partial charge in [0.15, 0.2) is 5.82 Å². The van der Waals surface area contributed by atoms with Gasteiger partial charge in [0, 0.05) is 42.6 Å². The third kappa shape index (κ3) is 4.60. The number of benzene rings is 1. The van der Waals surface area contributed by atoms with Crippen molar-refractivity contribution in [1.29, 1.82) is 0 Å². The van der Waals surface area contributed by atoms with E-state index in [1.54, 1.807) is 31.2 Å². The minimum Gasteiger partial charge on any atom is -0.352 e. The van der Waals surface area contributed by atoms with Crippen molar-refractivity contribution in [3.05, 3.63) is 46.6 Å². The van der Waals surface area contributed by atoms with Crippen LogP contribution in [0.2, 0.25) is 5.02 Å². The summed E-state index contributed by atoms with van der Waals surface area (Å²) in [6.07, 6.45) is 1.90. The molecule has 1 saturated heterocycles. The number of rotatable bonds is 5. The Morgan fingerprint density at radius 3 is 2.58 bits per heavy atom. The number of hydrogen-bond acceptors (Lipinski definition) is 5. The predicted molar refractivity (Wildman–Crippen MR) is 96.0 cm³/mol. The molecule has 2 amide bonds. The highest BCUT2D eigenvalue weighted by atomic mass is 35.5. The number of amides is 2. The molecule has 1 aliphatic heterocycles. The zero-order valence-corrected chi connectivity index (χ0v) is 15.3. The van der Waals surface area contributed by atoms with Crippen LogP contribution >= 0.6 is 11.6 Å². The Bertz CT molecular complexity index is 767. The molecule has 1 fully saturated rings. The molecule has 7 nitrogen and oxygen atoms in total. The first kappa shape index (κ1) is 18.4. The summed E-state index contributed by atoms with van der Waals surface area (Å²) in [5.41, 5.74) is 0.525. The summed E-state index contributed by atoms with van der Waals surface area (Å²) in [6.45, 7) is 3.43. The molecule has 0 unspecified atom stereocenters. The van der Waals surface area contributed by atoms with Crippen LogP contribution in [-0.4, -0.2) is 46.5 Å². The van der Waals surface area contributed by atoms with Crippen molar-refractivity contribution in [3.63, 3.8) is 0 Å². The quantitative estimate of drug-likeness (QED) is 0.866. The Labute approximate surface area is 156 Å². The highest BCUT2D eigenvalue weighted by Crippen LogP contribution is 2.26. The third-order valence-electron chi connectivity index (χ3n) is 4.47. The van der Waals surface area contributed by atoms with Gasteiger partial charge in [0.05, 0.1) is 0 Å². The number of nitrogens with zero attached hydrogens (tertiary/aromatic N) is 3. The largest absolute Gasteiger partial charge is 0.352 e.